The third kappa shape index (κ3) is 2.67. The first-order valence-corrected chi connectivity index (χ1v) is 5.84. The molecule has 0 spiro atoms. The van der Waals surface area contributed by atoms with Crippen LogP contribution in [0.15, 0.2) is 0 Å². The van der Waals surface area contributed by atoms with Crippen LogP contribution >= 0.6 is 12.4 Å². The van der Waals surface area contributed by atoms with Gasteiger partial charge in [0.15, 0.2) is 0 Å². The Morgan fingerprint density at radius 1 is 1.50 bits per heavy atom. The minimum absolute atomic E-state index is 0. The fourth-order valence-electron chi connectivity index (χ4n) is 2.70. The van der Waals surface area contributed by atoms with E-state index in [4.69, 9.17) is 10.5 Å². The van der Waals surface area contributed by atoms with E-state index >= 15 is 0 Å². The Bertz CT molecular complexity index is 246. The number of carbonyl (C=O) groups is 1. The Kier molecular flexibility index (Phi) is 5.02. The lowest BCUT2D eigenvalue weighted by atomic mass is 9.86. The van der Waals surface area contributed by atoms with E-state index in [-0.39, 0.29) is 24.4 Å². The van der Waals surface area contributed by atoms with Crippen LogP contribution in [0.1, 0.15) is 26.2 Å². The average molecular weight is 249 g/mol. The van der Waals surface area contributed by atoms with Crippen molar-refractivity contribution in [2.75, 3.05) is 19.8 Å². The molecule has 0 aromatic rings. The van der Waals surface area contributed by atoms with Crippen LogP contribution in [0.4, 0.5) is 0 Å². The highest BCUT2D eigenvalue weighted by atomic mass is 35.5. The Hall–Kier alpha value is -0.320. The van der Waals surface area contributed by atoms with Gasteiger partial charge in [0.2, 0.25) is 5.91 Å². The number of hydrogen-bond acceptors (Lipinski definition) is 3. The summed E-state index contributed by atoms with van der Waals surface area (Å²) in [4.78, 5) is 13.9. The van der Waals surface area contributed by atoms with Gasteiger partial charge in [0.1, 0.15) is 0 Å². The molecule has 0 radical (unpaired) electrons. The molecule has 2 N–H and O–H groups in total. The molecule has 2 heterocycles. The molecule has 0 saturated carbocycles. The van der Waals surface area contributed by atoms with Crippen molar-refractivity contribution in [2.24, 2.45) is 11.7 Å². The van der Waals surface area contributed by atoms with E-state index in [2.05, 4.69) is 0 Å². The molecule has 2 saturated heterocycles. The zero-order valence-electron chi connectivity index (χ0n) is 9.72. The van der Waals surface area contributed by atoms with Crippen molar-refractivity contribution >= 4 is 18.3 Å². The van der Waals surface area contributed by atoms with Gasteiger partial charge in [0.25, 0.3) is 0 Å². The smallest absolute Gasteiger partial charge is 0.239 e. The lowest BCUT2D eigenvalue weighted by molar-refractivity contribution is -0.141. The molecule has 1 amide bonds. The third-order valence-electron chi connectivity index (χ3n) is 3.48. The quantitative estimate of drug-likeness (QED) is 0.746. The zero-order chi connectivity index (χ0) is 10.8. The number of piperidine rings is 1. The van der Waals surface area contributed by atoms with Crippen LogP contribution in [0, 0.1) is 5.92 Å². The van der Waals surface area contributed by atoms with Gasteiger partial charge in [0, 0.05) is 25.1 Å². The van der Waals surface area contributed by atoms with Crippen LogP contribution in [0.2, 0.25) is 0 Å². The maximum atomic E-state index is 11.9. The fourth-order valence-corrected chi connectivity index (χ4v) is 2.70. The monoisotopic (exact) mass is 248 g/mol. The van der Waals surface area contributed by atoms with Crippen LogP contribution in [0.3, 0.4) is 0 Å². The van der Waals surface area contributed by atoms with Gasteiger partial charge in [-0.15, -0.1) is 12.4 Å². The normalized spacial score (nSPS) is 31.2. The first-order valence-electron chi connectivity index (χ1n) is 5.84. The molecule has 5 heteroatoms. The second-order valence-corrected chi connectivity index (χ2v) is 4.65. The van der Waals surface area contributed by atoms with Gasteiger partial charge in [-0.1, -0.05) is 0 Å². The van der Waals surface area contributed by atoms with Crippen molar-refractivity contribution in [1.29, 1.82) is 0 Å². The highest BCUT2D eigenvalue weighted by molar-refractivity contribution is 5.85. The van der Waals surface area contributed by atoms with Gasteiger partial charge in [0.05, 0.1) is 12.6 Å². The molecule has 2 aliphatic rings. The fraction of sp³-hybridized carbons (Fsp3) is 0.909. The topological polar surface area (TPSA) is 55.6 Å². The SMILES string of the molecule is CC(N)C(=O)N1CCCC2COCCC21.Cl. The Balaban J connectivity index is 0.00000128. The predicted octanol–water partition coefficient (Wildman–Crippen LogP) is 0.783. The number of hydrogen-bond donors (Lipinski definition) is 1. The zero-order valence-corrected chi connectivity index (χ0v) is 10.5. The summed E-state index contributed by atoms with van der Waals surface area (Å²) in [6, 6.07) is 0.0117. The lowest BCUT2D eigenvalue weighted by Crippen LogP contribution is -2.55. The van der Waals surface area contributed by atoms with Crippen molar-refractivity contribution in [1.82, 2.24) is 4.90 Å². The van der Waals surface area contributed by atoms with Gasteiger partial charge in [-0.05, 0) is 26.2 Å². The van der Waals surface area contributed by atoms with Gasteiger partial charge in [-0.25, -0.2) is 0 Å². The van der Waals surface area contributed by atoms with Crippen LogP contribution in [-0.4, -0.2) is 42.6 Å². The molecule has 0 bridgehead atoms. The first kappa shape index (κ1) is 13.7. The number of likely N-dealkylation sites (tertiary alicyclic amines) is 1. The van der Waals surface area contributed by atoms with Crippen molar-refractivity contribution in [3.63, 3.8) is 0 Å². The van der Waals surface area contributed by atoms with E-state index in [9.17, 15) is 4.79 Å². The molecule has 2 fully saturated rings. The van der Waals surface area contributed by atoms with E-state index in [0.717, 1.165) is 32.6 Å². The highest BCUT2D eigenvalue weighted by Gasteiger charge is 2.36. The molecule has 3 unspecified atom stereocenters. The molecule has 2 aliphatic heterocycles. The number of halogens is 1. The van der Waals surface area contributed by atoms with E-state index in [1.54, 1.807) is 6.92 Å². The maximum absolute atomic E-state index is 11.9. The maximum Gasteiger partial charge on any atom is 0.239 e. The van der Waals surface area contributed by atoms with Crippen LogP contribution in [0.5, 0.6) is 0 Å². The van der Waals surface area contributed by atoms with Crippen molar-refractivity contribution in [3.8, 4) is 0 Å². The molecular weight excluding hydrogens is 228 g/mol. The van der Waals surface area contributed by atoms with Gasteiger partial charge in [-0.2, -0.15) is 0 Å². The third-order valence-corrected chi connectivity index (χ3v) is 3.48. The lowest BCUT2D eigenvalue weighted by Gasteiger charge is -2.44. The van der Waals surface area contributed by atoms with E-state index in [1.165, 1.54) is 6.42 Å². The number of carbonyl (C=O) groups excluding carboxylic acids is 1. The molecule has 2 rings (SSSR count). The largest absolute Gasteiger partial charge is 0.381 e. The minimum Gasteiger partial charge on any atom is -0.381 e. The average Bonchev–Trinajstić information content (AvgIpc) is 2.27. The van der Waals surface area contributed by atoms with Crippen molar-refractivity contribution < 1.29 is 9.53 Å². The number of rotatable bonds is 1. The van der Waals surface area contributed by atoms with Gasteiger partial charge in [-0.3, -0.25) is 4.79 Å². The van der Waals surface area contributed by atoms with E-state index in [1.807, 2.05) is 4.90 Å². The molecule has 16 heavy (non-hydrogen) atoms. The summed E-state index contributed by atoms with van der Waals surface area (Å²) in [5.74, 6) is 0.641. The number of fused-ring (bicyclic) bond motifs is 1. The summed E-state index contributed by atoms with van der Waals surface area (Å²) >= 11 is 0. The number of ether oxygens (including phenoxy) is 1. The Morgan fingerprint density at radius 2 is 2.25 bits per heavy atom. The second kappa shape index (κ2) is 5.84. The summed E-state index contributed by atoms with van der Waals surface area (Å²) in [5, 5.41) is 0. The standard InChI is InChI=1S/C11H20N2O2.ClH/c1-8(12)11(14)13-5-2-3-9-7-15-6-4-10(9)13;/h8-10H,2-7,12H2,1H3;1H. The predicted molar refractivity (Wildman–Crippen MR) is 64.6 cm³/mol. The summed E-state index contributed by atoms with van der Waals surface area (Å²) in [5.41, 5.74) is 5.67. The second-order valence-electron chi connectivity index (χ2n) is 4.65. The van der Waals surface area contributed by atoms with Gasteiger partial charge < -0.3 is 15.4 Å². The molecule has 0 aromatic heterocycles. The van der Waals surface area contributed by atoms with Crippen LogP contribution in [-0.2, 0) is 9.53 Å². The minimum atomic E-state index is -0.369. The molecule has 0 aromatic carbocycles. The highest BCUT2D eigenvalue weighted by Crippen LogP contribution is 2.29. The molecule has 4 nitrogen and oxygen atoms in total. The number of nitrogens with two attached hydrogens (primary N) is 1. The molecule has 0 aliphatic carbocycles. The molecule has 94 valence electrons. The van der Waals surface area contributed by atoms with E-state index < -0.39 is 0 Å². The number of nitrogens with zero attached hydrogens (tertiary/aromatic N) is 1. The number of amides is 1. The summed E-state index contributed by atoms with van der Waals surface area (Å²) < 4.78 is 5.46. The van der Waals surface area contributed by atoms with Crippen LogP contribution < -0.4 is 5.73 Å². The first-order chi connectivity index (χ1) is 7.20. The summed E-state index contributed by atoms with van der Waals surface area (Å²) in [7, 11) is 0. The molecule has 3 atom stereocenters. The van der Waals surface area contributed by atoms with E-state index in [0.29, 0.717) is 12.0 Å². The Morgan fingerprint density at radius 3 is 2.94 bits per heavy atom. The summed E-state index contributed by atoms with van der Waals surface area (Å²) in [6.07, 6.45) is 3.25. The van der Waals surface area contributed by atoms with Crippen molar-refractivity contribution in [3.05, 3.63) is 0 Å². The molecular formula is C11H21ClN2O2. The van der Waals surface area contributed by atoms with Crippen LogP contribution in [0.25, 0.3) is 0 Å². The van der Waals surface area contributed by atoms with Gasteiger partial charge >= 0.3 is 0 Å². The Labute approximate surface area is 103 Å². The van der Waals surface area contributed by atoms with Crippen molar-refractivity contribution in [2.45, 2.75) is 38.3 Å². The summed E-state index contributed by atoms with van der Waals surface area (Å²) in [6.45, 7) is 4.24.